The molecule has 10 nitrogen and oxygen atoms in total. The van der Waals surface area contributed by atoms with E-state index >= 15 is 0 Å². The number of amides is 1. The van der Waals surface area contributed by atoms with Crippen LogP contribution in [0.25, 0.3) is 0 Å². The number of carbonyl (C=O) groups excluding carboxylic acids is 1. The van der Waals surface area contributed by atoms with Gasteiger partial charge in [-0.3, -0.25) is 9.78 Å². The fourth-order valence-corrected chi connectivity index (χ4v) is 5.35. The zero-order chi connectivity index (χ0) is 26.6. The molecule has 1 aromatic carbocycles. The van der Waals surface area contributed by atoms with Gasteiger partial charge in [-0.2, -0.15) is 5.10 Å². The molecule has 2 atom stereocenters. The second kappa shape index (κ2) is 11.5. The molecular formula is C26H31ClFN7O3. The van der Waals surface area contributed by atoms with E-state index in [0.717, 1.165) is 44.2 Å². The molecule has 0 radical (unpaired) electrons. The van der Waals surface area contributed by atoms with Crippen molar-refractivity contribution in [2.45, 2.75) is 38.6 Å². The number of nitrogens with zero attached hydrogens (tertiary/aromatic N) is 5. The second-order valence-corrected chi connectivity index (χ2v) is 10.6. The maximum absolute atomic E-state index is 14.6. The third-order valence-electron chi connectivity index (χ3n) is 7.50. The van der Waals surface area contributed by atoms with Gasteiger partial charge in [0.15, 0.2) is 5.82 Å². The Balaban J connectivity index is 1.02. The van der Waals surface area contributed by atoms with Crippen molar-refractivity contribution in [3.8, 4) is 5.75 Å². The van der Waals surface area contributed by atoms with Crippen LogP contribution in [0.1, 0.15) is 37.1 Å². The maximum Gasteiger partial charge on any atom is 0.340 e. The highest BCUT2D eigenvalue weighted by atomic mass is 35.5. The number of hydrogen-bond donors (Lipinski definition) is 2. The lowest BCUT2D eigenvalue weighted by molar-refractivity contribution is -0.129. The van der Waals surface area contributed by atoms with E-state index in [2.05, 4.69) is 30.0 Å². The average molecular weight is 544 g/mol. The normalized spacial score (nSPS) is 19.4. The molecule has 0 spiro atoms. The van der Waals surface area contributed by atoms with E-state index in [1.807, 2.05) is 0 Å². The number of aromatic nitrogens is 5. The summed E-state index contributed by atoms with van der Waals surface area (Å²) in [6.45, 7) is 2.58. The van der Waals surface area contributed by atoms with Gasteiger partial charge in [0, 0.05) is 26.2 Å². The maximum atomic E-state index is 14.6. The monoisotopic (exact) mass is 543 g/mol. The Hall–Kier alpha value is -3.47. The smallest absolute Gasteiger partial charge is 0.340 e. The van der Waals surface area contributed by atoms with Gasteiger partial charge in [0.2, 0.25) is 11.9 Å². The van der Waals surface area contributed by atoms with Gasteiger partial charge in [-0.05, 0) is 55.1 Å². The fraction of sp³-hybridized carbons (Fsp3) is 0.500. The number of H-pyrrole nitrogens is 2. The first kappa shape index (κ1) is 26.1. The van der Waals surface area contributed by atoms with Crippen LogP contribution in [-0.4, -0.2) is 62.7 Å². The van der Waals surface area contributed by atoms with Crippen molar-refractivity contribution in [2.75, 3.05) is 31.6 Å². The molecule has 5 rings (SSSR count). The number of likely N-dealkylation sites (N-methyl/N-ethyl adjacent to an activating group) is 1. The van der Waals surface area contributed by atoms with E-state index < -0.39 is 11.5 Å². The number of benzene rings is 1. The molecule has 0 bridgehead atoms. The van der Waals surface area contributed by atoms with Crippen molar-refractivity contribution in [3.05, 3.63) is 63.3 Å². The molecule has 1 amide bonds. The molecule has 38 heavy (non-hydrogen) atoms. The molecule has 2 fully saturated rings. The standard InChI is InChI=1S/C26H31ClFN7O3/c1-34(15-23-31-26(37)33-32-23)24(36)11-18-2-3-20(12-22(18)28)38-9-6-17-10-21(17)16-4-7-35(8-5-16)25-29-13-19(27)14-30-25/h2-3,12-14,16-17,21H,4-11,15H2,1H3,(H2,31,32,33,37)/t17-,21-/m1/s1. The van der Waals surface area contributed by atoms with E-state index in [-0.39, 0.29) is 18.9 Å². The van der Waals surface area contributed by atoms with E-state index in [0.29, 0.717) is 40.6 Å². The van der Waals surface area contributed by atoms with Gasteiger partial charge in [-0.25, -0.2) is 24.3 Å². The quantitative estimate of drug-likeness (QED) is 0.403. The fourth-order valence-electron chi connectivity index (χ4n) is 5.26. The number of piperidine rings is 1. The van der Waals surface area contributed by atoms with Crippen LogP contribution < -0.4 is 15.3 Å². The molecule has 1 saturated carbocycles. The van der Waals surface area contributed by atoms with Gasteiger partial charge in [-0.15, -0.1) is 0 Å². The highest BCUT2D eigenvalue weighted by molar-refractivity contribution is 6.30. The molecule has 1 aliphatic carbocycles. The minimum atomic E-state index is -0.474. The van der Waals surface area contributed by atoms with E-state index in [1.165, 1.54) is 17.4 Å². The number of hydrogen-bond acceptors (Lipinski definition) is 7. The first-order valence-electron chi connectivity index (χ1n) is 12.9. The zero-order valence-corrected chi connectivity index (χ0v) is 22.0. The summed E-state index contributed by atoms with van der Waals surface area (Å²) >= 11 is 5.89. The van der Waals surface area contributed by atoms with Gasteiger partial charge in [0.25, 0.3) is 0 Å². The summed E-state index contributed by atoms with van der Waals surface area (Å²) in [4.78, 5) is 38.3. The number of carbonyl (C=O) groups is 1. The number of anilines is 1. The Morgan fingerprint density at radius 3 is 2.71 bits per heavy atom. The second-order valence-electron chi connectivity index (χ2n) is 10.1. The van der Waals surface area contributed by atoms with Gasteiger partial charge < -0.3 is 14.5 Å². The molecule has 12 heteroatoms. The summed E-state index contributed by atoms with van der Waals surface area (Å²) < 4.78 is 20.5. The predicted molar refractivity (Wildman–Crippen MR) is 139 cm³/mol. The summed E-state index contributed by atoms with van der Waals surface area (Å²) in [5.41, 5.74) is -0.145. The lowest BCUT2D eigenvalue weighted by atomic mass is 9.90. The van der Waals surface area contributed by atoms with Gasteiger partial charge in [0.05, 0.1) is 37.0 Å². The van der Waals surface area contributed by atoms with Crippen LogP contribution in [0.4, 0.5) is 10.3 Å². The molecule has 2 N–H and O–H groups in total. The van der Waals surface area contributed by atoms with Crippen molar-refractivity contribution in [3.63, 3.8) is 0 Å². The minimum absolute atomic E-state index is 0.0933. The van der Waals surface area contributed by atoms with Crippen molar-refractivity contribution in [1.82, 2.24) is 30.0 Å². The molecule has 3 aromatic rings. The topological polar surface area (TPSA) is 120 Å². The highest BCUT2D eigenvalue weighted by Crippen LogP contribution is 2.49. The van der Waals surface area contributed by atoms with Crippen LogP contribution >= 0.6 is 11.6 Å². The SMILES string of the molecule is CN(Cc1n[nH]c(=O)[nH]1)C(=O)Cc1ccc(OCC[C@@H]2C[C@@H]2C2CCN(c3ncc(Cl)cn3)CC2)cc1F. The molecule has 0 unspecified atom stereocenters. The lowest BCUT2D eigenvalue weighted by Crippen LogP contribution is -2.35. The predicted octanol–water partition coefficient (Wildman–Crippen LogP) is 3.20. The number of aromatic amines is 2. The summed E-state index contributed by atoms with van der Waals surface area (Å²) in [5, 5.41) is 6.58. The minimum Gasteiger partial charge on any atom is -0.493 e. The molecule has 2 aliphatic rings. The lowest BCUT2D eigenvalue weighted by Gasteiger charge is -2.32. The Kier molecular flexibility index (Phi) is 7.92. The van der Waals surface area contributed by atoms with Crippen LogP contribution in [0.15, 0.2) is 35.4 Å². The van der Waals surface area contributed by atoms with Crippen LogP contribution in [0.5, 0.6) is 5.75 Å². The van der Waals surface area contributed by atoms with Crippen LogP contribution in [-0.2, 0) is 17.8 Å². The van der Waals surface area contributed by atoms with E-state index in [1.54, 1.807) is 31.6 Å². The highest BCUT2D eigenvalue weighted by Gasteiger charge is 2.43. The van der Waals surface area contributed by atoms with Crippen LogP contribution in [0.3, 0.4) is 0 Å². The number of halogens is 2. The number of nitrogens with one attached hydrogen (secondary N) is 2. The first-order valence-corrected chi connectivity index (χ1v) is 13.2. The third kappa shape index (κ3) is 6.50. The summed E-state index contributed by atoms with van der Waals surface area (Å²) in [6.07, 6.45) is 7.62. The Morgan fingerprint density at radius 1 is 1.26 bits per heavy atom. The largest absolute Gasteiger partial charge is 0.493 e. The average Bonchev–Trinajstić information content (AvgIpc) is 3.57. The van der Waals surface area contributed by atoms with E-state index in [9.17, 15) is 14.0 Å². The Bertz CT molecular complexity index is 1310. The van der Waals surface area contributed by atoms with Crippen LogP contribution in [0, 0.1) is 23.6 Å². The van der Waals surface area contributed by atoms with Gasteiger partial charge in [0.1, 0.15) is 11.6 Å². The number of ether oxygens (including phenoxy) is 1. The molecule has 3 heterocycles. The molecule has 1 aliphatic heterocycles. The Labute approximate surface area is 224 Å². The number of rotatable bonds is 10. The van der Waals surface area contributed by atoms with Crippen molar-refractivity contribution in [2.24, 2.45) is 17.8 Å². The first-order chi connectivity index (χ1) is 18.4. The Morgan fingerprint density at radius 2 is 2.03 bits per heavy atom. The third-order valence-corrected chi connectivity index (χ3v) is 7.69. The molecule has 1 saturated heterocycles. The molecule has 202 valence electrons. The van der Waals surface area contributed by atoms with Crippen LogP contribution in [0.2, 0.25) is 5.02 Å². The molecular weight excluding hydrogens is 513 g/mol. The summed E-state index contributed by atoms with van der Waals surface area (Å²) in [6, 6.07) is 4.63. The molecule has 2 aromatic heterocycles. The van der Waals surface area contributed by atoms with Crippen molar-refractivity contribution in [1.29, 1.82) is 0 Å². The summed E-state index contributed by atoms with van der Waals surface area (Å²) in [5.74, 6) is 2.89. The van der Waals surface area contributed by atoms with Crippen molar-refractivity contribution < 1.29 is 13.9 Å². The van der Waals surface area contributed by atoms with E-state index in [4.69, 9.17) is 16.3 Å². The van der Waals surface area contributed by atoms with Crippen molar-refractivity contribution >= 4 is 23.5 Å². The van der Waals surface area contributed by atoms with Gasteiger partial charge >= 0.3 is 5.69 Å². The van der Waals surface area contributed by atoms with Gasteiger partial charge in [-0.1, -0.05) is 17.7 Å². The summed E-state index contributed by atoms with van der Waals surface area (Å²) in [7, 11) is 1.58. The zero-order valence-electron chi connectivity index (χ0n) is 21.2.